The number of benzene rings is 3. The number of hydrogen-bond acceptors (Lipinski definition) is 4. The molecule has 3 aromatic rings. The Morgan fingerprint density at radius 1 is 0.865 bits per heavy atom. The van der Waals surface area contributed by atoms with Gasteiger partial charge in [-0.1, -0.05) is 71.7 Å². The summed E-state index contributed by atoms with van der Waals surface area (Å²) < 4.78 is 0. The zero-order valence-electron chi connectivity index (χ0n) is 20.0. The van der Waals surface area contributed by atoms with Gasteiger partial charge in [0, 0.05) is 17.5 Å². The minimum atomic E-state index is -0.918. The molecule has 4 aliphatic rings. The Hall–Kier alpha value is -2.80. The Balaban J connectivity index is 1.39. The van der Waals surface area contributed by atoms with E-state index in [1.54, 1.807) is 30.0 Å². The maximum atomic E-state index is 14.1. The highest BCUT2D eigenvalue weighted by Gasteiger charge is 2.62. The van der Waals surface area contributed by atoms with Gasteiger partial charge in [-0.15, -0.1) is 0 Å². The van der Waals surface area contributed by atoms with Crippen LogP contribution in [0.4, 0.5) is 5.69 Å². The van der Waals surface area contributed by atoms with E-state index >= 15 is 0 Å². The molecule has 0 aromatic heterocycles. The summed E-state index contributed by atoms with van der Waals surface area (Å²) in [5.41, 5.74) is 4.89. The van der Waals surface area contributed by atoms with Crippen molar-refractivity contribution in [3.05, 3.63) is 99.0 Å². The summed E-state index contributed by atoms with van der Waals surface area (Å²) in [4.78, 5) is 43.0. The largest absolute Gasteiger partial charge is 0.324 e. The average molecular weight is 551 g/mol. The first-order valence-electron chi connectivity index (χ1n) is 12.2. The SMILES string of the molecule is CSCC[C@H](C(=O)Nc1ccc(Cl)c(Cl)c1)N1C(=O)[C@@H]2C3c4ccccc4C(c4ccccc43)[C@H]2C1=O. The predicted molar refractivity (Wildman–Crippen MR) is 147 cm³/mol. The van der Waals surface area contributed by atoms with Crippen molar-refractivity contribution in [2.24, 2.45) is 11.8 Å². The highest BCUT2D eigenvalue weighted by molar-refractivity contribution is 7.98. The number of carbonyl (C=O) groups is 3. The van der Waals surface area contributed by atoms with Crippen LogP contribution in [-0.2, 0) is 14.4 Å². The van der Waals surface area contributed by atoms with Crippen LogP contribution in [0.15, 0.2) is 66.7 Å². The van der Waals surface area contributed by atoms with Gasteiger partial charge in [-0.2, -0.15) is 11.8 Å². The normalized spacial score (nSPS) is 23.9. The highest BCUT2D eigenvalue weighted by atomic mass is 35.5. The lowest BCUT2D eigenvalue weighted by molar-refractivity contribution is -0.146. The minimum Gasteiger partial charge on any atom is -0.324 e. The van der Waals surface area contributed by atoms with E-state index in [4.69, 9.17) is 23.2 Å². The molecule has 1 saturated heterocycles. The van der Waals surface area contributed by atoms with Crippen molar-refractivity contribution in [3.63, 3.8) is 0 Å². The van der Waals surface area contributed by atoms with Crippen LogP contribution in [0.3, 0.4) is 0 Å². The Morgan fingerprint density at radius 2 is 1.38 bits per heavy atom. The third-order valence-corrected chi connectivity index (χ3v) is 9.26. The highest BCUT2D eigenvalue weighted by Crippen LogP contribution is 2.61. The molecule has 3 atom stereocenters. The maximum Gasteiger partial charge on any atom is 0.247 e. The van der Waals surface area contributed by atoms with Crippen molar-refractivity contribution in [1.29, 1.82) is 0 Å². The number of anilines is 1. The lowest BCUT2D eigenvalue weighted by Crippen LogP contribution is -2.48. The quantitative estimate of drug-likeness (QED) is 0.385. The van der Waals surface area contributed by atoms with E-state index in [1.165, 1.54) is 4.90 Å². The van der Waals surface area contributed by atoms with Crippen molar-refractivity contribution in [1.82, 2.24) is 4.90 Å². The fraction of sp³-hybridized carbons (Fsp3) is 0.276. The first-order valence-corrected chi connectivity index (χ1v) is 14.4. The van der Waals surface area contributed by atoms with Crippen LogP contribution in [0.1, 0.15) is 40.5 Å². The van der Waals surface area contributed by atoms with Crippen molar-refractivity contribution < 1.29 is 14.4 Å². The number of rotatable bonds is 6. The lowest BCUT2D eigenvalue weighted by Gasteiger charge is -2.45. The molecule has 5 nitrogen and oxygen atoms in total. The van der Waals surface area contributed by atoms with Gasteiger partial charge in [-0.05, 0) is 58.9 Å². The third-order valence-electron chi connectivity index (χ3n) is 7.88. The van der Waals surface area contributed by atoms with E-state index in [2.05, 4.69) is 29.6 Å². The van der Waals surface area contributed by atoms with Gasteiger partial charge < -0.3 is 5.32 Å². The molecule has 0 radical (unpaired) electrons. The van der Waals surface area contributed by atoms with E-state index in [-0.39, 0.29) is 23.7 Å². The van der Waals surface area contributed by atoms with Crippen molar-refractivity contribution in [2.45, 2.75) is 24.3 Å². The Bertz CT molecular complexity index is 1330. The molecule has 0 saturated carbocycles. The number of imide groups is 1. The molecule has 8 heteroatoms. The van der Waals surface area contributed by atoms with Gasteiger partial charge in [0.25, 0.3) is 0 Å². The van der Waals surface area contributed by atoms with Gasteiger partial charge in [-0.3, -0.25) is 19.3 Å². The number of carbonyl (C=O) groups excluding carboxylic acids is 3. The summed E-state index contributed by atoms with van der Waals surface area (Å²) in [7, 11) is 0. The monoisotopic (exact) mass is 550 g/mol. The van der Waals surface area contributed by atoms with Crippen molar-refractivity contribution in [3.8, 4) is 0 Å². The van der Waals surface area contributed by atoms with E-state index in [9.17, 15) is 14.4 Å². The summed E-state index contributed by atoms with van der Waals surface area (Å²) in [5, 5.41) is 3.54. The van der Waals surface area contributed by atoms with Gasteiger partial charge >= 0.3 is 0 Å². The second kappa shape index (κ2) is 9.50. The van der Waals surface area contributed by atoms with E-state index in [0.29, 0.717) is 27.9 Å². The third kappa shape index (κ3) is 3.80. The first-order chi connectivity index (χ1) is 17.9. The zero-order chi connectivity index (χ0) is 25.8. The molecule has 3 aliphatic carbocycles. The van der Waals surface area contributed by atoms with Crippen LogP contribution in [0, 0.1) is 11.8 Å². The van der Waals surface area contributed by atoms with Crippen LogP contribution in [0.2, 0.25) is 10.0 Å². The fourth-order valence-corrected chi connectivity index (χ4v) is 7.17. The molecule has 1 fully saturated rings. The lowest BCUT2D eigenvalue weighted by atomic mass is 9.55. The molecular weight excluding hydrogens is 527 g/mol. The molecule has 0 spiro atoms. The van der Waals surface area contributed by atoms with Crippen molar-refractivity contribution >= 4 is 58.4 Å². The van der Waals surface area contributed by atoms with Gasteiger partial charge in [0.1, 0.15) is 6.04 Å². The number of nitrogens with one attached hydrogen (secondary N) is 1. The van der Waals surface area contributed by atoms with Crippen LogP contribution in [0.25, 0.3) is 0 Å². The van der Waals surface area contributed by atoms with Gasteiger partial charge in [0.15, 0.2) is 0 Å². The van der Waals surface area contributed by atoms with Crippen LogP contribution < -0.4 is 5.32 Å². The number of amides is 3. The number of likely N-dealkylation sites (tertiary alicyclic amines) is 1. The predicted octanol–water partition coefficient (Wildman–Crippen LogP) is 5.95. The maximum absolute atomic E-state index is 14.1. The average Bonchev–Trinajstić information content (AvgIpc) is 3.17. The number of hydrogen-bond donors (Lipinski definition) is 1. The molecule has 188 valence electrons. The van der Waals surface area contributed by atoms with Crippen LogP contribution in [-0.4, -0.2) is 40.7 Å². The Labute approximate surface area is 229 Å². The summed E-state index contributed by atoms with van der Waals surface area (Å²) in [6.07, 6.45) is 2.30. The second-order valence-corrected chi connectivity index (χ2v) is 11.5. The molecular formula is C29H24Cl2N2O3S. The minimum absolute atomic E-state index is 0.205. The molecule has 1 heterocycles. The van der Waals surface area contributed by atoms with E-state index < -0.39 is 23.8 Å². The molecule has 3 aromatic carbocycles. The summed E-state index contributed by atoms with van der Waals surface area (Å²) in [6, 6.07) is 20.1. The first kappa shape index (κ1) is 24.5. The number of nitrogens with zero attached hydrogens (tertiary/aromatic N) is 1. The van der Waals surface area contributed by atoms with E-state index in [0.717, 1.165) is 22.3 Å². The molecule has 2 bridgehead atoms. The van der Waals surface area contributed by atoms with E-state index in [1.807, 2.05) is 30.5 Å². The fourth-order valence-electron chi connectivity index (χ4n) is 6.41. The van der Waals surface area contributed by atoms with Crippen LogP contribution >= 0.6 is 35.0 Å². The molecule has 0 unspecified atom stereocenters. The Morgan fingerprint density at radius 3 is 1.84 bits per heavy atom. The topological polar surface area (TPSA) is 66.5 Å². The van der Waals surface area contributed by atoms with Crippen LogP contribution in [0.5, 0.6) is 0 Å². The smallest absolute Gasteiger partial charge is 0.247 e. The van der Waals surface area contributed by atoms with Gasteiger partial charge in [0.2, 0.25) is 17.7 Å². The standard InChI is InChI=1S/C29H24Cl2N2O3S/c1-37-13-12-22(27(34)32-15-10-11-20(30)21(31)14-15)33-28(35)25-23-16-6-2-3-7-17(16)24(26(25)29(33)36)19-9-5-4-8-18(19)23/h2-11,14,22-26H,12-13H2,1H3,(H,32,34)/t22-,23?,24?,25-,26-/m1/s1. The molecule has 37 heavy (non-hydrogen) atoms. The zero-order valence-corrected chi connectivity index (χ0v) is 22.3. The summed E-state index contributed by atoms with van der Waals surface area (Å²) >= 11 is 13.7. The molecule has 1 aliphatic heterocycles. The Kier molecular flexibility index (Phi) is 6.30. The summed E-state index contributed by atoms with van der Waals surface area (Å²) in [6.45, 7) is 0. The van der Waals surface area contributed by atoms with Gasteiger partial charge in [-0.25, -0.2) is 0 Å². The number of thioether (sulfide) groups is 1. The molecule has 7 rings (SSSR count). The molecule has 3 amide bonds. The molecule has 1 N–H and O–H groups in total. The summed E-state index contributed by atoms with van der Waals surface area (Å²) in [5.74, 6) is -1.75. The van der Waals surface area contributed by atoms with Crippen molar-refractivity contribution in [2.75, 3.05) is 17.3 Å². The van der Waals surface area contributed by atoms with Gasteiger partial charge in [0.05, 0.1) is 21.9 Å². The second-order valence-electron chi connectivity index (χ2n) is 9.73. The number of halogens is 2.